The van der Waals surface area contributed by atoms with Gasteiger partial charge >= 0.3 is 0 Å². The molecule has 0 spiro atoms. The topological polar surface area (TPSA) is 33.5 Å². The molecule has 0 bridgehead atoms. The highest BCUT2D eigenvalue weighted by Gasteiger charge is 2.26. The molecule has 1 unspecified atom stereocenters. The first-order chi connectivity index (χ1) is 6.29. The molecule has 0 radical (unpaired) electrons. The molecule has 0 aliphatic carbocycles. The van der Waals surface area contributed by atoms with Crippen molar-refractivity contribution in [1.29, 1.82) is 0 Å². The second kappa shape index (κ2) is 3.24. The maximum atomic E-state index is 11.8. The van der Waals surface area contributed by atoms with Crippen LogP contribution in [0.25, 0.3) is 0 Å². The summed E-state index contributed by atoms with van der Waals surface area (Å²) >= 11 is 0. The van der Waals surface area contributed by atoms with Crippen LogP contribution < -0.4 is 0 Å². The highest BCUT2D eigenvalue weighted by atomic mass is 16.3. The van der Waals surface area contributed by atoms with E-state index < -0.39 is 0 Å². The van der Waals surface area contributed by atoms with Gasteiger partial charge in [0.1, 0.15) is 6.26 Å². The van der Waals surface area contributed by atoms with Crippen LogP contribution in [0.3, 0.4) is 0 Å². The molecular formula is C10H13NO2. The van der Waals surface area contributed by atoms with Crippen molar-refractivity contribution in [2.24, 2.45) is 0 Å². The number of carbonyl (C=O) groups is 1. The Kier molecular flexibility index (Phi) is 2.08. The van der Waals surface area contributed by atoms with Gasteiger partial charge in [-0.2, -0.15) is 0 Å². The van der Waals surface area contributed by atoms with Crippen LogP contribution >= 0.6 is 0 Å². The lowest BCUT2D eigenvalue weighted by atomic mass is 10.2. The number of nitrogens with zero attached hydrogens (tertiary/aromatic N) is 1. The van der Waals surface area contributed by atoms with Crippen LogP contribution in [-0.4, -0.2) is 23.4 Å². The fraction of sp³-hybridized carbons (Fsp3) is 0.500. The predicted octanol–water partition coefficient (Wildman–Crippen LogP) is 1.90. The number of furan rings is 1. The Balaban J connectivity index is 2.13. The molecule has 70 valence electrons. The van der Waals surface area contributed by atoms with E-state index in [1.54, 1.807) is 6.07 Å². The third-order valence-electron chi connectivity index (χ3n) is 2.58. The van der Waals surface area contributed by atoms with Crippen LogP contribution in [0.15, 0.2) is 23.0 Å². The number of hydrogen-bond acceptors (Lipinski definition) is 2. The van der Waals surface area contributed by atoms with Gasteiger partial charge < -0.3 is 9.32 Å². The molecule has 0 saturated carbocycles. The van der Waals surface area contributed by atoms with Crippen molar-refractivity contribution in [2.75, 3.05) is 6.54 Å². The van der Waals surface area contributed by atoms with Gasteiger partial charge in [0, 0.05) is 12.6 Å². The van der Waals surface area contributed by atoms with E-state index in [4.69, 9.17) is 4.42 Å². The van der Waals surface area contributed by atoms with Gasteiger partial charge in [-0.3, -0.25) is 4.79 Å². The lowest BCUT2D eigenvalue weighted by molar-refractivity contribution is 0.0747. The minimum absolute atomic E-state index is 0.0961. The zero-order valence-corrected chi connectivity index (χ0v) is 7.69. The molecule has 1 atom stereocenters. The lowest BCUT2D eigenvalue weighted by Gasteiger charge is -2.20. The summed E-state index contributed by atoms with van der Waals surface area (Å²) in [5.41, 5.74) is 0.661. The van der Waals surface area contributed by atoms with Crippen LogP contribution in [0, 0.1) is 0 Å². The molecule has 0 aromatic carbocycles. The molecule has 3 nitrogen and oxygen atoms in total. The third-order valence-corrected chi connectivity index (χ3v) is 2.58. The normalized spacial score (nSPS) is 22.2. The van der Waals surface area contributed by atoms with Crippen LogP contribution in [0.4, 0.5) is 0 Å². The summed E-state index contributed by atoms with van der Waals surface area (Å²) in [5, 5.41) is 0. The standard InChI is InChI=1S/C10H13NO2/c1-8-3-2-5-11(8)10(12)9-4-6-13-7-9/h4,6-8H,2-3,5H2,1H3. The molecule has 0 N–H and O–H groups in total. The molecule has 1 amide bonds. The number of hydrogen-bond donors (Lipinski definition) is 0. The van der Waals surface area contributed by atoms with Crippen molar-refractivity contribution in [3.8, 4) is 0 Å². The molecule has 1 aliphatic heterocycles. The number of rotatable bonds is 1. The van der Waals surface area contributed by atoms with E-state index in [0.717, 1.165) is 19.4 Å². The van der Waals surface area contributed by atoms with E-state index in [-0.39, 0.29) is 5.91 Å². The SMILES string of the molecule is CC1CCCN1C(=O)c1ccoc1. The summed E-state index contributed by atoms with van der Waals surface area (Å²) in [7, 11) is 0. The Hall–Kier alpha value is -1.25. The summed E-state index contributed by atoms with van der Waals surface area (Å²) in [6.07, 6.45) is 5.27. The van der Waals surface area contributed by atoms with Gasteiger partial charge in [0.05, 0.1) is 11.8 Å². The number of likely N-dealkylation sites (tertiary alicyclic amines) is 1. The van der Waals surface area contributed by atoms with Crippen molar-refractivity contribution in [3.63, 3.8) is 0 Å². The van der Waals surface area contributed by atoms with Gasteiger partial charge in [0.2, 0.25) is 0 Å². The van der Waals surface area contributed by atoms with E-state index in [1.165, 1.54) is 12.5 Å². The molecule has 1 aliphatic rings. The van der Waals surface area contributed by atoms with Crippen molar-refractivity contribution >= 4 is 5.91 Å². The third kappa shape index (κ3) is 1.46. The molecule has 2 heterocycles. The molecule has 2 rings (SSSR count). The molecule has 3 heteroatoms. The summed E-state index contributed by atoms with van der Waals surface area (Å²) in [6.45, 7) is 2.97. The van der Waals surface area contributed by atoms with Gasteiger partial charge in [0.25, 0.3) is 5.91 Å². The second-order valence-corrected chi connectivity index (χ2v) is 3.50. The van der Waals surface area contributed by atoms with Gasteiger partial charge in [0.15, 0.2) is 0 Å². The van der Waals surface area contributed by atoms with Crippen LogP contribution in [-0.2, 0) is 0 Å². The van der Waals surface area contributed by atoms with Crippen LogP contribution in [0.5, 0.6) is 0 Å². The Bertz CT molecular complexity index is 292. The number of carbonyl (C=O) groups excluding carboxylic acids is 1. The highest BCUT2D eigenvalue weighted by molar-refractivity contribution is 5.94. The van der Waals surface area contributed by atoms with Gasteiger partial charge in [-0.15, -0.1) is 0 Å². The fourth-order valence-corrected chi connectivity index (χ4v) is 1.79. The van der Waals surface area contributed by atoms with E-state index in [0.29, 0.717) is 11.6 Å². The molecule has 13 heavy (non-hydrogen) atoms. The molecule has 1 aromatic rings. The van der Waals surface area contributed by atoms with Crippen molar-refractivity contribution < 1.29 is 9.21 Å². The Morgan fingerprint density at radius 1 is 1.69 bits per heavy atom. The largest absolute Gasteiger partial charge is 0.472 e. The molecule has 1 saturated heterocycles. The maximum Gasteiger partial charge on any atom is 0.257 e. The summed E-state index contributed by atoms with van der Waals surface area (Å²) in [4.78, 5) is 13.7. The van der Waals surface area contributed by atoms with Crippen molar-refractivity contribution in [3.05, 3.63) is 24.2 Å². The smallest absolute Gasteiger partial charge is 0.257 e. The van der Waals surface area contributed by atoms with E-state index in [9.17, 15) is 4.79 Å². The van der Waals surface area contributed by atoms with Crippen LogP contribution in [0.2, 0.25) is 0 Å². The first kappa shape index (κ1) is 8.35. The minimum atomic E-state index is 0.0961. The van der Waals surface area contributed by atoms with E-state index in [1.807, 2.05) is 4.90 Å². The Labute approximate surface area is 77.3 Å². The molecular weight excluding hydrogens is 166 g/mol. The number of amides is 1. The molecule has 1 aromatic heterocycles. The Morgan fingerprint density at radius 3 is 3.08 bits per heavy atom. The van der Waals surface area contributed by atoms with Crippen molar-refractivity contribution in [1.82, 2.24) is 4.90 Å². The average molecular weight is 179 g/mol. The van der Waals surface area contributed by atoms with E-state index >= 15 is 0 Å². The fourth-order valence-electron chi connectivity index (χ4n) is 1.79. The average Bonchev–Trinajstić information content (AvgIpc) is 2.72. The zero-order chi connectivity index (χ0) is 9.26. The van der Waals surface area contributed by atoms with Crippen molar-refractivity contribution in [2.45, 2.75) is 25.8 Å². The van der Waals surface area contributed by atoms with Gasteiger partial charge in [-0.25, -0.2) is 0 Å². The summed E-state index contributed by atoms with van der Waals surface area (Å²) < 4.78 is 4.88. The minimum Gasteiger partial charge on any atom is -0.472 e. The Morgan fingerprint density at radius 2 is 2.54 bits per heavy atom. The summed E-state index contributed by atoms with van der Waals surface area (Å²) in [6, 6.07) is 2.09. The van der Waals surface area contributed by atoms with Gasteiger partial charge in [-0.1, -0.05) is 0 Å². The predicted molar refractivity (Wildman–Crippen MR) is 48.4 cm³/mol. The highest BCUT2D eigenvalue weighted by Crippen LogP contribution is 2.19. The quantitative estimate of drug-likeness (QED) is 0.659. The first-order valence-corrected chi connectivity index (χ1v) is 4.62. The van der Waals surface area contributed by atoms with E-state index in [2.05, 4.69) is 6.92 Å². The van der Waals surface area contributed by atoms with Gasteiger partial charge in [-0.05, 0) is 25.8 Å². The second-order valence-electron chi connectivity index (χ2n) is 3.50. The summed E-state index contributed by atoms with van der Waals surface area (Å²) in [5.74, 6) is 0.0961. The zero-order valence-electron chi connectivity index (χ0n) is 7.69. The lowest BCUT2D eigenvalue weighted by Crippen LogP contribution is -2.33. The monoisotopic (exact) mass is 179 g/mol. The van der Waals surface area contributed by atoms with Crippen LogP contribution in [0.1, 0.15) is 30.1 Å². The molecule has 1 fully saturated rings. The maximum absolute atomic E-state index is 11.8. The first-order valence-electron chi connectivity index (χ1n) is 4.62.